The molecule has 0 bridgehead atoms. The smallest absolute Gasteiger partial charge is 0.270 e. The molecule has 2 rings (SSSR count). The fourth-order valence-electron chi connectivity index (χ4n) is 1.70. The standard InChI is InChI=1S/C11H13N3O3/c12-9(15)5-11(6-17-7-11)14-10(16)8-3-1-2-4-13-8/h1-4H,5-7H2,(H2,12,15)(H,14,16). The van der Waals surface area contributed by atoms with Crippen molar-refractivity contribution >= 4 is 11.8 Å². The Bertz CT molecular complexity index is 429. The third kappa shape index (κ3) is 2.59. The number of pyridine rings is 1. The van der Waals surface area contributed by atoms with Gasteiger partial charge in [-0.15, -0.1) is 0 Å². The van der Waals surface area contributed by atoms with Crippen LogP contribution in [0.4, 0.5) is 0 Å². The Morgan fingerprint density at radius 1 is 1.47 bits per heavy atom. The van der Waals surface area contributed by atoms with Crippen molar-refractivity contribution in [3.8, 4) is 0 Å². The third-order valence-electron chi connectivity index (χ3n) is 2.55. The van der Waals surface area contributed by atoms with E-state index in [1.165, 1.54) is 6.20 Å². The van der Waals surface area contributed by atoms with Crippen molar-refractivity contribution in [1.29, 1.82) is 0 Å². The van der Waals surface area contributed by atoms with E-state index in [-0.39, 0.29) is 12.3 Å². The molecule has 0 radical (unpaired) electrons. The molecule has 0 atom stereocenters. The summed E-state index contributed by atoms with van der Waals surface area (Å²) in [7, 11) is 0. The van der Waals surface area contributed by atoms with E-state index in [9.17, 15) is 9.59 Å². The van der Waals surface area contributed by atoms with E-state index in [2.05, 4.69) is 10.3 Å². The summed E-state index contributed by atoms with van der Waals surface area (Å²) in [6, 6.07) is 5.05. The number of rotatable bonds is 4. The van der Waals surface area contributed by atoms with Crippen LogP contribution in [0.25, 0.3) is 0 Å². The molecular weight excluding hydrogens is 222 g/mol. The van der Waals surface area contributed by atoms with Gasteiger partial charge in [0.15, 0.2) is 0 Å². The minimum atomic E-state index is -0.666. The number of aromatic nitrogens is 1. The zero-order valence-electron chi connectivity index (χ0n) is 9.18. The lowest BCUT2D eigenvalue weighted by atomic mass is 9.92. The van der Waals surface area contributed by atoms with Gasteiger partial charge in [0.1, 0.15) is 5.69 Å². The molecule has 1 saturated heterocycles. The molecule has 0 aliphatic carbocycles. The number of nitrogens with two attached hydrogens (primary N) is 1. The molecule has 90 valence electrons. The summed E-state index contributed by atoms with van der Waals surface area (Å²) < 4.78 is 5.03. The predicted octanol–water partition coefficient (Wildman–Crippen LogP) is -0.544. The summed E-state index contributed by atoms with van der Waals surface area (Å²) >= 11 is 0. The van der Waals surface area contributed by atoms with Crippen molar-refractivity contribution in [2.24, 2.45) is 5.73 Å². The molecule has 1 aromatic rings. The molecule has 0 aromatic carbocycles. The molecule has 6 heteroatoms. The van der Waals surface area contributed by atoms with E-state index >= 15 is 0 Å². The van der Waals surface area contributed by atoms with Gasteiger partial charge in [0, 0.05) is 6.20 Å². The van der Waals surface area contributed by atoms with Crippen LogP contribution in [0.3, 0.4) is 0 Å². The van der Waals surface area contributed by atoms with Crippen LogP contribution in [-0.4, -0.2) is 35.6 Å². The van der Waals surface area contributed by atoms with Crippen LogP contribution in [-0.2, 0) is 9.53 Å². The molecule has 17 heavy (non-hydrogen) atoms. The van der Waals surface area contributed by atoms with Crippen molar-refractivity contribution in [3.05, 3.63) is 30.1 Å². The first-order chi connectivity index (χ1) is 8.11. The van der Waals surface area contributed by atoms with Gasteiger partial charge in [0.05, 0.1) is 25.2 Å². The minimum absolute atomic E-state index is 0.0750. The zero-order chi connectivity index (χ0) is 12.3. The number of hydrogen-bond acceptors (Lipinski definition) is 4. The Morgan fingerprint density at radius 3 is 2.71 bits per heavy atom. The summed E-state index contributed by atoms with van der Waals surface area (Å²) in [6.45, 7) is 0.600. The largest absolute Gasteiger partial charge is 0.376 e. The van der Waals surface area contributed by atoms with Crippen LogP contribution in [0, 0.1) is 0 Å². The second-order valence-corrected chi connectivity index (χ2v) is 4.09. The van der Waals surface area contributed by atoms with Crippen molar-refractivity contribution in [2.75, 3.05) is 13.2 Å². The average molecular weight is 235 g/mol. The number of hydrogen-bond donors (Lipinski definition) is 2. The molecule has 6 nitrogen and oxygen atoms in total. The van der Waals surface area contributed by atoms with Crippen molar-refractivity contribution in [2.45, 2.75) is 12.0 Å². The summed E-state index contributed by atoms with van der Waals surface area (Å²) in [6.07, 6.45) is 1.61. The van der Waals surface area contributed by atoms with Crippen molar-refractivity contribution < 1.29 is 14.3 Å². The molecule has 1 fully saturated rings. The van der Waals surface area contributed by atoms with E-state index < -0.39 is 11.4 Å². The second kappa shape index (κ2) is 4.50. The Labute approximate surface area is 98.2 Å². The van der Waals surface area contributed by atoms with Crippen LogP contribution < -0.4 is 11.1 Å². The van der Waals surface area contributed by atoms with E-state index in [0.717, 1.165) is 0 Å². The maximum atomic E-state index is 11.9. The fourth-order valence-corrected chi connectivity index (χ4v) is 1.70. The number of primary amides is 1. The topological polar surface area (TPSA) is 94.3 Å². The molecular formula is C11H13N3O3. The average Bonchev–Trinajstić information content (AvgIpc) is 2.26. The normalized spacial score (nSPS) is 16.9. The number of carbonyl (C=O) groups excluding carboxylic acids is 2. The molecule has 1 aromatic heterocycles. The number of nitrogens with zero attached hydrogens (tertiary/aromatic N) is 1. The van der Waals surface area contributed by atoms with Gasteiger partial charge in [0.25, 0.3) is 5.91 Å². The first kappa shape index (κ1) is 11.5. The Morgan fingerprint density at radius 2 is 2.24 bits per heavy atom. The summed E-state index contributed by atoms with van der Waals surface area (Å²) in [5.74, 6) is -0.787. The molecule has 2 heterocycles. The van der Waals surface area contributed by atoms with Crippen LogP contribution in [0.15, 0.2) is 24.4 Å². The first-order valence-corrected chi connectivity index (χ1v) is 5.21. The lowest BCUT2D eigenvalue weighted by Crippen LogP contribution is -2.63. The molecule has 0 saturated carbocycles. The molecule has 1 aliphatic rings. The van der Waals surface area contributed by atoms with Crippen molar-refractivity contribution in [3.63, 3.8) is 0 Å². The molecule has 0 spiro atoms. The second-order valence-electron chi connectivity index (χ2n) is 4.09. The highest BCUT2D eigenvalue weighted by molar-refractivity contribution is 5.93. The van der Waals surface area contributed by atoms with E-state index in [4.69, 9.17) is 10.5 Å². The summed E-state index contributed by atoms with van der Waals surface area (Å²) in [5.41, 5.74) is 4.78. The first-order valence-electron chi connectivity index (χ1n) is 5.21. The van der Waals surface area contributed by atoms with Gasteiger partial charge in [-0.25, -0.2) is 0 Å². The van der Waals surface area contributed by atoms with Gasteiger partial charge in [-0.05, 0) is 12.1 Å². The van der Waals surface area contributed by atoms with Crippen LogP contribution in [0.5, 0.6) is 0 Å². The number of nitrogens with one attached hydrogen (secondary N) is 1. The monoisotopic (exact) mass is 235 g/mol. The Balaban J connectivity index is 2.05. The molecule has 0 unspecified atom stereocenters. The van der Waals surface area contributed by atoms with E-state index in [1.807, 2.05) is 0 Å². The lowest BCUT2D eigenvalue weighted by Gasteiger charge is -2.41. The maximum absolute atomic E-state index is 11.9. The van der Waals surface area contributed by atoms with Crippen LogP contribution in [0.2, 0.25) is 0 Å². The third-order valence-corrected chi connectivity index (χ3v) is 2.55. The zero-order valence-corrected chi connectivity index (χ0v) is 9.18. The van der Waals surface area contributed by atoms with Gasteiger partial charge in [0.2, 0.25) is 5.91 Å². The minimum Gasteiger partial charge on any atom is -0.376 e. The SMILES string of the molecule is NC(=O)CC1(NC(=O)c2ccccn2)COC1. The number of amides is 2. The molecule has 1 aliphatic heterocycles. The molecule has 2 amide bonds. The fraction of sp³-hybridized carbons (Fsp3) is 0.364. The van der Waals surface area contributed by atoms with E-state index in [0.29, 0.717) is 18.9 Å². The predicted molar refractivity (Wildman–Crippen MR) is 59.1 cm³/mol. The highest BCUT2D eigenvalue weighted by Gasteiger charge is 2.41. The lowest BCUT2D eigenvalue weighted by molar-refractivity contribution is -0.127. The van der Waals surface area contributed by atoms with Gasteiger partial charge in [-0.1, -0.05) is 6.07 Å². The van der Waals surface area contributed by atoms with Gasteiger partial charge in [-0.3, -0.25) is 14.6 Å². The maximum Gasteiger partial charge on any atom is 0.270 e. The quantitative estimate of drug-likeness (QED) is 0.732. The van der Waals surface area contributed by atoms with Gasteiger partial charge in [-0.2, -0.15) is 0 Å². The Kier molecular flexibility index (Phi) is 3.06. The van der Waals surface area contributed by atoms with E-state index in [1.54, 1.807) is 18.2 Å². The molecule has 3 N–H and O–H groups in total. The number of carbonyl (C=O) groups is 2. The van der Waals surface area contributed by atoms with Gasteiger partial charge >= 0.3 is 0 Å². The van der Waals surface area contributed by atoms with Crippen molar-refractivity contribution in [1.82, 2.24) is 10.3 Å². The highest BCUT2D eigenvalue weighted by atomic mass is 16.5. The van der Waals surface area contributed by atoms with Crippen LogP contribution >= 0.6 is 0 Å². The Hall–Kier alpha value is -1.95. The number of ether oxygens (including phenoxy) is 1. The summed E-state index contributed by atoms with van der Waals surface area (Å²) in [5, 5.41) is 2.75. The highest BCUT2D eigenvalue weighted by Crippen LogP contribution is 2.21. The summed E-state index contributed by atoms with van der Waals surface area (Å²) in [4.78, 5) is 26.7. The van der Waals surface area contributed by atoms with Gasteiger partial charge < -0.3 is 15.8 Å². The van der Waals surface area contributed by atoms with Crippen LogP contribution in [0.1, 0.15) is 16.9 Å².